The Kier molecular flexibility index (Phi) is 4.52. The highest BCUT2D eigenvalue weighted by molar-refractivity contribution is 5.85. The summed E-state index contributed by atoms with van der Waals surface area (Å²) < 4.78 is 23.9. The average Bonchev–Trinajstić information content (AvgIpc) is 2.63. The zero-order valence-corrected chi connectivity index (χ0v) is 14.1. The molecule has 1 heterocycles. The van der Waals surface area contributed by atoms with Crippen LogP contribution in [0.2, 0.25) is 0 Å². The number of halogens is 1. The molecule has 2 aromatic carbocycles. The topological polar surface area (TPSA) is 64.2 Å². The molecule has 0 radical (unpaired) electrons. The highest BCUT2D eigenvalue weighted by atomic mass is 19.1. The van der Waals surface area contributed by atoms with Gasteiger partial charge in [-0.3, -0.25) is 4.79 Å². The Hall–Kier alpha value is -3.15. The maximum absolute atomic E-state index is 13.3. The molecule has 3 aromatic rings. The molecule has 6 heteroatoms. The number of hydrogen-bond donors (Lipinski definition) is 1. The minimum absolute atomic E-state index is 0.344. The Morgan fingerprint density at radius 2 is 1.52 bits per heavy atom. The van der Waals surface area contributed by atoms with E-state index in [1.165, 1.54) is 12.1 Å². The van der Waals surface area contributed by atoms with Crippen LogP contribution in [0.5, 0.6) is 11.5 Å². The Morgan fingerprint density at radius 3 is 2.08 bits per heavy atom. The van der Waals surface area contributed by atoms with Crippen molar-refractivity contribution in [1.82, 2.24) is 10.2 Å². The standard InChI is InChI=1S/C19H17FN2O3/c1-11-17(12-4-6-14(20)7-5-12)18(19(23)22-21-11)13-8-15(24-2)10-16(9-13)25-3/h4-10H,1-3H3,(H,22,23). The van der Waals surface area contributed by atoms with Gasteiger partial charge in [0.1, 0.15) is 17.3 Å². The zero-order chi connectivity index (χ0) is 18.0. The predicted molar refractivity (Wildman–Crippen MR) is 93.5 cm³/mol. The summed E-state index contributed by atoms with van der Waals surface area (Å²) in [7, 11) is 3.09. The van der Waals surface area contributed by atoms with E-state index in [0.717, 1.165) is 0 Å². The van der Waals surface area contributed by atoms with Crippen LogP contribution in [-0.2, 0) is 0 Å². The van der Waals surface area contributed by atoms with Gasteiger partial charge >= 0.3 is 0 Å². The fraction of sp³-hybridized carbons (Fsp3) is 0.158. The van der Waals surface area contributed by atoms with Crippen molar-refractivity contribution in [2.24, 2.45) is 0 Å². The van der Waals surface area contributed by atoms with Crippen LogP contribution in [0.25, 0.3) is 22.3 Å². The first-order valence-electron chi connectivity index (χ1n) is 7.62. The SMILES string of the molecule is COc1cc(OC)cc(-c2c(-c3ccc(F)cc3)c(C)n[nH]c2=O)c1. The third-order valence-corrected chi connectivity index (χ3v) is 3.94. The summed E-state index contributed by atoms with van der Waals surface area (Å²) in [6, 6.07) is 11.2. The molecule has 0 spiro atoms. The fourth-order valence-electron chi connectivity index (χ4n) is 2.74. The summed E-state index contributed by atoms with van der Waals surface area (Å²) in [5.74, 6) is 0.783. The van der Waals surface area contributed by atoms with Gasteiger partial charge in [0.25, 0.3) is 5.56 Å². The second-order valence-electron chi connectivity index (χ2n) is 5.50. The van der Waals surface area contributed by atoms with Crippen LogP contribution >= 0.6 is 0 Å². The maximum atomic E-state index is 13.3. The minimum atomic E-state index is -0.347. The third-order valence-electron chi connectivity index (χ3n) is 3.94. The number of hydrogen-bond acceptors (Lipinski definition) is 4. The van der Waals surface area contributed by atoms with Gasteiger partial charge in [0.05, 0.1) is 25.5 Å². The second-order valence-corrected chi connectivity index (χ2v) is 5.50. The third kappa shape index (κ3) is 3.24. The van der Waals surface area contributed by atoms with Crippen LogP contribution in [-0.4, -0.2) is 24.4 Å². The lowest BCUT2D eigenvalue weighted by atomic mass is 9.94. The highest BCUT2D eigenvalue weighted by Gasteiger charge is 2.17. The molecule has 0 fully saturated rings. The van der Waals surface area contributed by atoms with E-state index in [-0.39, 0.29) is 11.4 Å². The largest absolute Gasteiger partial charge is 0.497 e. The first kappa shape index (κ1) is 16.7. The van der Waals surface area contributed by atoms with Gasteiger partial charge in [0.15, 0.2) is 0 Å². The van der Waals surface area contributed by atoms with Crippen molar-refractivity contribution < 1.29 is 13.9 Å². The lowest BCUT2D eigenvalue weighted by molar-refractivity contribution is 0.394. The summed E-state index contributed by atoms with van der Waals surface area (Å²) >= 11 is 0. The van der Waals surface area contributed by atoms with Crippen molar-refractivity contribution in [3.63, 3.8) is 0 Å². The number of aromatic nitrogens is 2. The molecular weight excluding hydrogens is 323 g/mol. The number of aromatic amines is 1. The van der Waals surface area contributed by atoms with Crippen molar-refractivity contribution in [3.8, 4) is 33.8 Å². The van der Waals surface area contributed by atoms with E-state index in [1.54, 1.807) is 51.5 Å². The van der Waals surface area contributed by atoms with E-state index in [2.05, 4.69) is 10.2 Å². The quantitative estimate of drug-likeness (QED) is 0.789. The predicted octanol–water partition coefficient (Wildman–Crippen LogP) is 3.57. The van der Waals surface area contributed by atoms with Gasteiger partial charge in [-0.25, -0.2) is 9.49 Å². The molecule has 0 unspecified atom stereocenters. The van der Waals surface area contributed by atoms with Gasteiger partial charge in [-0.05, 0) is 42.3 Å². The molecule has 0 saturated carbocycles. The first-order chi connectivity index (χ1) is 12.0. The smallest absolute Gasteiger partial charge is 0.272 e. The number of methoxy groups -OCH3 is 2. The number of H-pyrrole nitrogens is 1. The summed E-state index contributed by atoms with van der Waals surface area (Å²) in [6.45, 7) is 1.79. The first-order valence-corrected chi connectivity index (χ1v) is 7.62. The van der Waals surface area contributed by atoms with E-state index in [4.69, 9.17) is 9.47 Å². The number of nitrogens with one attached hydrogen (secondary N) is 1. The molecule has 5 nitrogen and oxygen atoms in total. The molecular formula is C19H17FN2O3. The van der Waals surface area contributed by atoms with Crippen LogP contribution in [0.3, 0.4) is 0 Å². The van der Waals surface area contributed by atoms with Crippen molar-refractivity contribution in [2.45, 2.75) is 6.92 Å². The molecule has 128 valence electrons. The Morgan fingerprint density at radius 1 is 0.920 bits per heavy atom. The van der Waals surface area contributed by atoms with E-state index in [0.29, 0.717) is 39.4 Å². The van der Waals surface area contributed by atoms with Gasteiger partial charge < -0.3 is 9.47 Å². The fourth-order valence-corrected chi connectivity index (χ4v) is 2.74. The summed E-state index contributed by atoms with van der Waals surface area (Å²) in [5.41, 5.74) is 2.68. The number of benzene rings is 2. The molecule has 0 saturated heterocycles. The van der Waals surface area contributed by atoms with Crippen molar-refractivity contribution in [1.29, 1.82) is 0 Å². The molecule has 25 heavy (non-hydrogen) atoms. The van der Waals surface area contributed by atoms with Crippen molar-refractivity contribution >= 4 is 0 Å². The van der Waals surface area contributed by atoms with E-state index in [1.807, 2.05) is 0 Å². The average molecular weight is 340 g/mol. The van der Waals surface area contributed by atoms with E-state index < -0.39 is 0 Å². The Bertz CT molecular complexity index is 943. The molecule has 1 N–H and O–H groups in total. The van der Waals surface area contributed by atoms with Crippen LogP contribution in [0, 0.1) is 12.7 Å². The van der Waals surface area contributed by atoms with E-state index in [9.17, 15) is 9.18 Å². The van der Waals surface area contributed by atoms with E-state index >= 15 is 0 Å². The second kappa shape index (κ2) is 6.76. The summed E-state index contributed by atoms with van der Waals surface area (Å²) in [6.07, 6.45) is 0. The van der Waals surface area contributed by atoms with Crippen molar-refractivity contribution in [2.75, 3.05) is 14.2 Å². The molecule has 0 aliphatic rings. The molecule has 0 bridgehead atoms. The molecule has 0 atom stereocenters. The van der Waals surface area contributed by atoms with Crippen LogP contribution in [0.4, 0.5) is 4.39 Å². The molecule has 0 amide bonds. The van der Waals surface area contributed by atoms with Crippen LogP contribution in [0.1, 0.15) is 5.69 Å². The summed E-state index contributed by atoms with van der Waals surface area (Å²) in [5, 5.41) is 6.56. The van der Waals surface area contributed by atoms with Crippen LogP contribution in [0.15, 0.2) is 47.3 Å². The Balaban J connectivity index is 2.32. The molecule has 0 aliphatic heterocycles. The number of nitrogens with zero attached hydrogens (tertiary/aromatic N) is 1. The Labute approximate surface area is 144 Å². The minimum Gasteiger partial charge on any atom is -0.497 e. The summed E-state index contributed by atoms with van der Waals surface area (Å²) in [4.78, 5) is 12.6. The van der Waals surface area contributed by atoms with Crippen LogP contribution < -0.4 is 15.0 Å². The highest BCUT2D eigenvalue weighted by Crippen LogP contribution is 2.35. The maximum Gasteiger partial charge on any atom is 0.272 e. The molecule has 3 rings (SSSR count). The van der Waals surface area contributed by atoms with Gasteiger partial charge in [0, 0.05) is 11.6 Å². The lowest BCUT2D eigenvalue weighted by Crippen LogP contribution is -2.14. The monoisotopic (exact) mass is 340 g/mol. The van der Waals surface area contributed by atoms with Gasteiger partial charge in [-0.15, -0.1) is 0 Å². The van der Waals surface area contributed by atoms with Gasteiger partial charge in [0.2, 0.25) is 0 Å². The lowest BCUT2D eigenvalue weighted by Gasteiger charge is -2.13. The van der Waals surface area contributed by atoms with Crippen molar-refractivity contribution in [3.05, 3.63) is 64.3 Å². The zero-order valence-electron chi connectivity index (χ0n) is 14.1. The number of aryl methyl sites for hydroxylation is 1. The number of rotatable bonds is 4. The molecule has 1 aromatic heterocycles. The molecule has 0 aliphatic carbocycles. The van der Waals surface area contributed by atoms with Gasteiger partial charge in [-0.2, -0.15) is 5.10 Å². The van der Waals surface area contributed by atoms with Gasteiger partial charge in [-0.1, -0.05) is 12.1 Å². The number of ether oxygens (including phenoxy) is 2. The normalized spacial score (nSPS) is 10.6.